The van der Waals surface area contributed by atoms with E-state index in [0.29, 0.717) is 19.0 Å². The second-order valence-electron chi connectivity index (χ2n) is 6.00. The summed E-state index contributed by atoms with van der Waals surface area (Å²) in [4.78, 5) is 25.9. The van der Waals surface area contributed by atoms with Crippen molar-refractivity contribution < 1.29 is 9.59 Å². The summed E-state index contributed by atoms with van der Waals surface area (Å²) in [6.45, 7) is 3.41. The highest BCUT2D eigenvalue weighted by atomic mass is 16.2. The summed E-state index contributed by atoms with van der Waals surface area (Å²) in [5.41, 5.74) is 4.86. The maximum Gasteiger partial charge on any atom is 0.325 e. The molecule has 2 aliphatic rings. The van der Waals surface area contributed by atoms with Crippen LogP contribution in [0, 0.1) is 5.92 Å². The Morgan fingerprint density at radius 3 is 2.58 bits per heavy atom. The predicted octanol–water partition coefficient (Wildman–Crippen LogP) is 1.62. The molecule has 0 aromatic rings. The van der Waals surface area contributed by atoms with Crippen LogP contribution in [-0.4, -0.2) is 35.5 Å². The van der Waals surface area contributed by atoms with Gasteiger partial charge in [0, 0.05) is 6.54 Å². The van der Waals surface area contributed by atoms with Crippen LogP contribution in [-0.2, 0) is 4.79 Å². The van der Waals surface area contributed by atoms with Gasteiger partial charge in [-0.05, 0) is 51.0 Å². The van der Waals surface area contributed by atoms with E-state index in [4.69, 9.17) is 5.73 Å². The number of carbonyl (C=O) groups is 2. The molecule has 3 N–H and O–H groups in total. The molecule has 2 rings (SSSR count). The molecule has 0 atom stereocenters. The van der Waals surface area contributed by atoms with Gasteiger partial charge < -0.3 is 11.1 Å². The Bertz CT molecular complexity index is 349. The van der Waals surface area contributed by atoms with E-state index in [0.717, 1.165) is 44.9 Å². The number of urea groups is 1. The van der Waals surface area contributed by atoms with Crippen LogP contribution in [0.15, 0.2) is 0 Å². The summed E-state index contributed by atoms with van der Waals surface area (Å²) in [6, 6.07) is -0.202. The molecule has 0 bridgehead atoms. The molecule has 1 aliphatic heterocycles. The number of amides is 3. The first kappa shape index (κ1) is 14.3. The van der Waals surface area contributed by atoms with Crippen LogP contribution >= 0.6 is 0 Å². The number of nitrogens with zero attached hydrogens (tertiary/aromatic N) is 1. The van der Waals surface area contributed by atoms with Gasteiger partial charge in [-0.2, -0.15) is 0 Å². The van der Waals surface area contributed by atoms with Crippen LogP contribution in [0.25, 0.3) is 0 Å². The van der Waals surface area contributed by atoms with Gasteiger partial charge in [0.25, 0.3) is 5.91 Å². The summed E-state index contributed by atoms with van der Waals surface area (Å²) in [6.07, 6.45) is 6.39. The van der Waals surface area contributed by atoms with Crippen LogP contribution in [0.3, 0.4) is 0 Å². The highest BCUT2D eigenvalue weighted by molar-refractivity contribution is 6.07. The Kier molecular flexibility index (Phi) is 4.45. The van der Waals surface area contributed by atoms with E-state index < -0.39 is 5.54 Å². The number of unbranched alkanes of at least 4 members (excludes halogenated alkanes) is 2. The van der Waals surface area contributed by atoms with Gasteiger partial charge in [-0.25, -0.2) is 4.79 Å². The van der Waals surface area contributed by atoms with Crippen molar-refractivity contribution in [3.63, 3.8) is 0 Å². The molecule has 1 spiro atoms. The third-order valence-electron chi connectivity index (χ3n) is 4.46. The molecule has 0 aromatic carbocycles. The zero-order valence-electron chi connectivity index (χ0n) is 11.8. The van der Waals surface area contributed by atoms with Crippen molar-refractivity contribution >= 4 is 11.9 Å². The second-order valence-corrected chi connectivity index (χ2v) is 6.00. The molecule has 108 valence electrons. The highest BCUT2D eigenvalue weighted by Gasteiger charge is 2.51. The van der Waals surface area contributed by atoms with Gasteiger partial charge in [-0.3, -0.25) is 9.69 Å². The average Bonchev–Trinajstić information content (AvgIpc) is 2.62. The summed E-state index contributed by atoms with van der Waals surface area (Å²) >= 11 is 0. The molecule has 5 heteroatoms. The van der Waals surface area contributed by atoms with Crippen LogP contribution in [0.4, 0.5) is 4.79 Å². The smallest absolute Gasteiger partial charge is 0.325 e. The first-order valence-electron chi connectivity index (χ1n) is 7.43. The summed E-state index contributed by atoms with van der Waals surface area (Å²) in [5, 5.41) is 2.94. The fourth-order valence-electron chi connectivity index (χ4n) is 3.06. The van der Waals surface area contributed by atoms with E-state index in [1.54, 1.807) is 0 Å². The first-order valence-corrected chi connectivity index (χ1v) is 7.43. The minimum absolute atomic E-state index is 0.00264. The standard InChI is InChI=1S/C14H25N3O2/c1-11-5-7-14(8-6-11)12(18)17(13(19)16-14)10-4-2-3-9-15/h11H,2-10,15H2,1H3,(H,16,19). The molecule has 2 fully saturated rings. The number of hydrogen-bond acceptors (Lipinski definition) is 3. The number of imide groups is 1. The Hall–Kier alpha value is -1.10. The summed E-state index contributed by atoms with van der Waals surface area (Å²) < 4.78 is 0. The van der Waals surface area contributed by atoms with Crippen molar-refractivity contribution in [1.29, 1.82) is 0 Å². The molecule has 19 heavy (non-hydrogen) atoms. The zero-order chi connectivity index (χ0) is 13.9. The molecular weight excluding hydrogens is 242 g/mol. The monoisotopic (exact) mass is 267 g/mol. The highest BCUT2D eigenvalue weighted by Crippen LogP contribution is 2.36. The van der Waals surface area contributed by atoms with Crippen LogP contribution in [0.5, 0.6) is 0 Å². The van der Waals surface area contributed by atoms with Crippen LogP contribution < -0.4 is 11.1 Å². The predicted molar refractivity (Wildman–Crippen MR) is 73.5 cm³/mol. The molecule has 5 nitrogen and oxygen atoms in total. The van der Waals surface area contributed by atoms with Crippen molar-refractivity contribution in [2.45, 2.75) is 57.4 Å². The number of rotatable bonds is 5. The Labute approximate surface area is 114 Å². The van der Waals surface area contributed by atoms with Crippen molar-refractivity contribution in [3.8, 4) is 0 Å². The Morgan fingerprint density at radius 1 is 1.26 bits per heavy atom. The third-order valence-corrected chi connectivity index (χ3v) is 4.46. The quantitative estimate of drug-likeness (QED) is 0.587. The van der Waals surface area contributed by atoms with Gasteiger partial charge in [0.2, 0.25) is 0 Å². The van der Waals surface area contributed by atoms with Gasteiger partial charge in [-0.15, -0.1) is 0 Å². The first-order chi connectivity index (χ1) is 9.09. The maximum atomic E-state index is 12.5. The summed E-state index contributed by atoms with van der Waals surface area (Å²) in [7, 11) is 0. The topological polar surface area (TPSA) is 75.4 Å². The fourth-order valence-corrected chi connectivity index (χ4v) is 3.06. The number of carbonyl (C=O) groups excluding carboxylic acids is 2. The molecule has 1 saturated carbocycles. The van der Waals surface area contributed by atoms with E-state index >= 15 is 0 Å². The van der Waals surface area contributed by atoms with Gasteiger partial charge in [0.15, 0.2) is 0 Å². The van der Waals surface area contributed by atoms with Gasteiger partial charge in [0.1, 0.15) is 5.54 Å². The van der Waals surface area contributed by atoms with Crippen molar-refractivity contribution in [3.05, 3.63) is 0 Å². The minimum Gasteiger partial charge on any atom is -0.330 e. The third kappa shape index (κ3) is 2.91. The van der Waals surface area contributed by atoms with Gasteiger partial charge in [0.05, 0.1) is 0 Å². The minimum atomic E-state index is -0.586. The lowest BCUT2D eigenvalue weighted by molar-refractivity contribution is -0.132. The Morgan fingerprint density at radius 2 is 1.95 bits per heavy atom. The molecule has 1 aliphatic carbocycles. The van der Waals surface area contributed by atoms with E-state index in [9.17, 15) is 9.59 Å². The maximum absolute atomic E-state index is 12.5. The lowest BCUT2D eigenvalue weighted by Gasteiger charge is -2.33. The van der Waals surface area contributed by atoms with E-state index in [1.807, 2.05) is 0 Å². The van der Waals surface area contributed by atoms with Gasteiger partial charge in [-0.1, -0.05) is 13.3 Å². The SMILES string of the molecule is CC1CCC2(CC1)NC(=O)N(CCCCCN)C2=O. The fraction of sp³-hybridized carbons (Fsp3) is 0.857. The molecule has 0 unspecified atom stereocenters. The second kappa shape index (κ2) is 5.90. The Balaban J connectivity index is 1.92. The van der Waals surface area contributed by atoms with E-state index in [-0.39, 0.29) is 11.9 Å². The largest absolute Gasteiger partial charge is 0.330 e. The molecular formula is C14H25N3O2. The zero-order valence-corrected chi connectivity index (χ0v) is 11.8. The van der Waals surface area contributed by atoms with Crippen LogP contribution in [0.1, 0.15) is 51.9 Å². The van der Waals surface area contributed by atoms with Crippen LogP contribution in [0.2, 0.25) is 0 Å². The van der Waals surface area contributed by atoms with E-state index in [2.05, 4.69) is 12.2 Å². The molecule has 1 heterocycles. The number of hydrogen-bond donors (Lipinski definition) is 2. The molecule has 0 aromatic heterocycles. The summed E-state index contributed by atoms with van der Waals surface area (Å²) in [5.74, 6) is 0.658. The molecule has 0 radical (unpaired) electrons. The average molecular weight is 267 g/mol. The normalized spacial score (nSPS) is 31.1. The number of nitrogens with two attached hydrogens (primary N) is 1. The molecule has 3 amide bonds. The van der Waals surface area contributed by atoms with Crippen molar-refractivity contribution in [1.82, 2.24) is 10.2 Å². The van der Waals surface area contributed by atoms with Crippen molar-refractivity contribution in [2.75, 3.05) is 13.1 Å². The van der Waals surface area contributed by atoms with E-state index in [1.165, 1.54) is 4.90 Å². The lowest BCUT2D eigenvalue weighted by atomic mass is 9.77. The van der Waals surface area contributed by atoms with Gasteiger partial charge >= 0.3 is 6.03 Å². The molecule has 1 saturated heterocycles. The lowest BCUT2D eigenvalue weighted by Crippen LogP contribution is -2.49. The van der Waals surface area contributed by atoms with Crippen molar-refractivity contribution in [2.24, 2.45) is 11.7 Å². The number of nitrogens with one attached hydrogen (secondary N) is 1.